The monoisotopic (exact) mass is 367 g/mol. The van der Waals surface area contributed by atoms with Crippen LogP contribution in [0.4, 0.5) is 0 Å². The zero-order chi connectivity index (χ0) is 19.7. The Hall–Kier alpha value is -0.830. The van der Waals surface area contributed by atoms with Gasteiger partial charge in [-0.05, 0) is 65.7 Å². The normalized spacial score (nSPS) is 12.4. The molecular weight excluding hydrogens is 322 g/mol. The number of rotatable bonds is 17. The number of carbonyl (C=O) groups is 1. The van der Waals surface area contributed by atoms with Crippen molar-refractivity contribution in [1.29, 1.82) is 0 Å². The molecule has 0 heterocycles. The molecule has 0 aliphatic rings. The summed E-state index contributed by atoms with van der Waals surface area (Å²) in [5.41, 5.74) is 0.926. The van der Waals surface area contributed by atoms with Crippen LogP contribution in [0.15, 0.2) is 11.6 Å². The topological polar surface area (TPSA) is 49.3 Å². The third-order valence-electron chi connectivity index (χ3n) is 4.81. The molecule has 3 heteroatoms. The van der Waals surface area contributed by atoms with Crippen LogP contribution >= 0.6 is 0 Å². The molecule has 1 amide bonds. The van der Waals surface area contributed by atoms with Crippen molar-refractivity contribution < 1.29 is 9.90 Å². The fraction of sp³-hybridized carbons (Fsp3) is 0.870. The molecule has 0 saturated carbocycles. The molecular formula is C23H45NO2. The molecule has 0 aromatic heterocycles. The van der Waals surface area contributed by atoms with Gasteiger partial charge >= 0.3 is 0 Å². The lowest BCUT2D eigenvalue weighted by molar-refractivity contribution is -0.121. The van der Waals surface area contributed by atoms with Crippen LogP contribution in [-0.4, -0.2) is 23.2 Å². The second-order valence-electron chi connectivity index (χ2n) is 8.43. The number of nitrogens with one attached hydrogen (secondary N) is 1. The fourth-order valence-electron chi connectivity index (χ4n) is 3.08. The summed E-state index contributed by atoms with van der Waals surface area (Å²) in [6.07, 6.45) is 18.4. The van der Waals surface area contributed by atoms with Crippen molar-refractivity contribution in [3.63, 3.8) is 0 Å². The second kappa shape index (κ2) is 16.4. The first-order chi connectivity index (χ1) is 12.3. The van der Waals surface area contributed by atoms with Crippen LogP contribution in [-0.2, 0) is 4.79 Å². The number of aliphatic hydroxyl groups is 1. The summed E-state index contributed by atoms with van der Waals surface area (Å²) >= 11 is 0. The van der Waals surface area contributed by atoms with E-state index in [0.717, 1.165) is 25.7 Å². The average Bonchev–Trinajstić information content (AvgIpc) is 2.57. The second-order valence-corrected chi connectivity index (χ2v) is 8.43. The van der Waals surface area contributed by atoms with Crippen molar-refractivity contribution in [1.82, 2.24) is 5.32 Å². The van der Waals surface area contributed by atoms with Gasteiger partial charge in [0.15, 0.2) is 0 Å². The van der Waals surface area contributed by atoms with E-state index in [-0.39, 0.29) is 5.91 Å². The van der Waals surface area contributed by atoms with Crippen LogP contribution in [0.1, 0.15) is 118 Å². The van der Waals surface area contributed by atoms with Crippen molar-refractivity contribution in [2.24, 2.45) is 0 Å². The minimum atomic E-state index is -0.631. The molecule has 0 bridgehead atoms. The van der Waals surface area contributed by atoms with Crippen LogP contribution in [0.2, 0.25) is 0 Å². The van der Waals surface area contributed by atoms with Gasteiger partial charge in [-0.2, -0.15) is 0 Å². The third kappa shape index (κ3) is 19.5. The molecule has 0 aliphatic heterocycles. The molecule has 0 aliphatic carbocycles. The highest BCUT2D eigenvalue weighted by atomic mass is 16.3. The van der Waals surface area contributed by atoms with Gasteiger partial charge in [0.1, 0.15) is 0 Å². The molecule has 0 fully saturated rings. The number of allylic oxidation sites excluding steroid dienone is 2. The van der Waals surface area contributed by atoms with Crippen LogP contribution in [0.25, 0.3) is 0 Å². The van der Waals surface area contributed by atoms with Crippen LogP contribution < -0.4 is 5.32 Å². The summed E-state index contributed by atoms with van der Waals surface area (Å²) < 4.78 is 0. The Morgan fingerprint density at radius 1 is 0.923 bits per heavy atom. The smallest absolute Gasteiger partial charge is 0.219 e. The van der Waals surface area contributed by atoms with E-state index in [1.54, 1.807) is 19.4 Å². The molecule has 3 nitrogen and oxygen atoms in total. The summed E-state index contributed by atoms with van der Waals surface area (Å²) in [7, 11) is 0. The van der Waals surface area contributed by atoms with E-state index in [1.165, 1.54) is 57.8 Å². The largest absolute Gasteiger partial charge is 0.390 e. The van der Waals surface area contributed by atoms with Gasteiger partial charge in [-0.1, -0.05) is 57.1 Å². The predicted octanol–water partition coefficient (Wildman–Crippen LogP) is 6.30. The summed E-state index contributed by atoms with van der Waals surface area (Å²) in [5, 5.41) is 12.6. The molecule has 0 spiro atoms. The van der Waals surface area contributed by atoms with E-state index in [2.05, 4.69) is 25.2 Å². The minimum Gasteiger partial charge on any atom is -0.390 e. The summed E-state index contributed by atoms with van der Waals surface area (Å²) in [6, 6.07) is 0. The van der Waals surface area contributed by atoms with Gasteiger partial charge < -0.3 is 10.4 Å². The molecule has 0 unspecified atom stereocenters. The maximum atomic E-state index is 11.7. The maximum Gasteiger partial charge on any atom is 0.219 e. The molecule has 0 atom stereocenters. The first-order valence-corrected chi connectivity index (χ1v) is 11.0. The molecule has 0 rings (SSSR count). The lowest BCUT2D eigenvalue weighted by Gasteiger charge is -2.16. The van der Waals surface area contributed by atoms with Gasteiger partial charge in [0, 0.05) is 13.0 Å². The Labute approximate surface area is 163 Å². The Morgan fingerprint density at radius 3 is 2.23 bits per heavy atom. The lowest BCUT2D eigenvalue weighted by Crippen LogP contribution is -2.26. The average molecular weight is 368 g/mol. The number of carbonyl (C=O) groups excluding carboxylic acids is 1. The highest BCUT2D eigenvalue weighted by Gasteiger charge is 2.11. The highest BCUT2D eigenvalue weighted by Crippen LogP contribution is 2.13. The van der Waals surface area contributed by atoms with E-state index in [9.17, 15) is 9.90 Å². The lowest BCUT2D eigenvalue weighted by atomic mass is 10.0. The van der Waals surface area contributed by atoms with Gasteiger partial charge in [0.25, 0.3) is 0 Å². The molecule has 0 aromatic rings. The maximum absolute atomic E-state index is 11.7. The Kier molecular flexibility index (Phi) is 15.8. The molecule has 0 radical (unpaired) electrons. The van der Waals surface area contributed by atoms with E-state index >= 15 is 0 Å². The number of hydrogen-bond donors (Lipinski definition) is 2. The fourth-order valence-corrected chi connectivity index (χ4v) is 3.08. The zero-order valence-electron chi connectivity index (χ0n) is 18.0. The number of amides is 1. The zero-order valence-corrected chi connectivity index (χ0v) is 18.0. The molecule has 0 aromatic carbocycles. The van der Waals surface area contributed by atoms with Crippen molar-refractivity contribution in [3.8, 4) is 0 Å². The summed E-state index contributed by atoms with van der Waals surface area (Å²) in [5.74, 6) is 0.155. The third-order valence-corrected chi connectivity index (χ3v) is 4.81. The molecule has 26 heavy (non-hydrogen) atoms. The van der Waals surface area contributed by atoms with Crippen molar-refractivity contribution >= 4 is 5.91 Å². The molecule has 2 N–H and O–H groups in total. The van der Waals surface area contributed by atoms with Crippen molar-refractivity contribution in [3.05, 3.63) is 11.6 Å². The standard InChI is InChI=1S/C23H45NO2/c1-5-6-7-12-16-21(2)17-13-10-8-9-11-14-18-22(25)24-20-15-19-23(3,4)26/h17,26H,5-16,18-20H2,1-4H3,(H,24,25)/b21-17-. The molecule has 0 saturated heterocycles. The number of unbranched alkanes of at least 4 members (excludes halogenated alkanes) is 8. The first kappa shape index (κ1) is 25.2. The first-order valence-electron chi connectivity index (χ1n) is 11.0. The Balaban J connectivity index is 3.40. The van der Waals surface area contributed by atoms with Gasteiger partial charge in [-0.3, -0.25) is 4.79 Å². The predicted molar refractivity (Wildman–Crippen MR) is 113 cm³/mol. The van der Waals surface area contributed by atoms with Gasteiger partial charge in [-0.25, -0.2) is 0 Å². The van der Waals surface area contributed by atoms with Crippen LogP contribution in [0.3, 0.4) is 0 Å². The Bertz CT molecular complexity index is 369. The summed E-state index contributed by atoms with van der Waals surface area (Å²) in [6.45, 7) is 8.81. The van der Waals surface area contributed by atoms with E-state index < -0.39 is 5.60 Å². The SMILES string of the molecule is CCCCCC/C(C)=C\CCCCCCCC(=O)NCCCC(C)(C)O. The van der Waals surface area contributed by atoms with Gasteiger partial charge in [0.2, 0.25) is 5.91 Å². The highest BCUT2D eigenvalue weighted by molar-refractivity contribution is 5.75. The van der Waals surface area contributed by atoms with Gasteiger partial charge in [0.05, 0.1) is 5.60 Å². The quantitative estimate of drug-likeness (QED) is 0.234. The van der Waals surface area contributed by atoms with Crippen molar-refractivity contribution in [2.45, 2.75) is 123 Å². The van der Waals surface area contributed by atoms with Crippen molar-refractivity contribution in [2.75, 3.05) is 6.54 Å². The summed E-state index contributed by atoms with van der Waals surface area (Å²) in [4.78, 5) is 11.7. The minimum absolute atomic E-state index is 0.155. The van der Waals surface area contributed by atoms with E-state index in [0.29, 0.717) is 13.0 Å². The van der Waals surface area contributed by atoms with Gasteiger partial charge in [-0.15, -0.1) is 0 Å². The number of hydrogen-bond acceptors (Lipinski definition) is 2. The van der Waals surface area contributed by atoms with Crippen LogP contribution in [0, 0.1) is 0 Å². The Morgan fingerprint density at radius 2 is 1.54 bits per heavy atom. The van der Waals surface area contributed by atoms with E-state index in [1.807, 2.05) is 0 Å². The van der Waals surface area contributed by atoms with Crippen LogP contribution in [0.5, 0.6) is 0 Å². The molecule has 154 valence electrons. The van der Waals surface area contributed by atoms with E-state index in [4.69, 9.17) is 0 Å².